The van der Waals surface area contributed by atoms with E-state index in [1.165, 1.54) is 0 Å². The van der Waals surface area contributed by atoms with Crippen molar-refractivity contribution in [3.05, 3.63) is 47.7 Å². The first-order chi connectivity index (χ1) is 14.1. The molecule has 2 N–H and O–H groups in total. The van der Waals surface area contributed by atoms with Crippen LogP contribution >= 0.6 is 0 Å². The summed E-state index contributed by atoms with van der Waals surface area (Å²) >= 11 is 0. The highest BCUT2D eigenvalue weighted by molar-refractivity contribution is 5.80. The maximum atomic E-state index is 5.74. The number of nitrogens with zero attached hydrogens (tertiary/aromatic N) is 2. The normalized spacial score (nSPS) is 12.2. The van der Waals surface area contributed by atoms with Gasteiger partial charge in [-0.15, -0.1) is 0 Å². The Labute approximate surface area is 173 Å². The molecule has 1 aromatic carbocycles. The second-order valence-corrected chi connectivity index (χ2v) is 6.30. The topological polar surface area (TPSA) is 77.0 Å². The number of aliphatic imine (C=N–C) groups is 1. The van der Waals surface area contributed by atoms with Gasteiger partial charge in [0.2, 0.25) is 5.88 Å². The van der Waals surface area contributed by atoms with Gasteiger partial charge < -0.3 is 24.8 Å². The number of hydrogen-bond acceptors (Lipinski definition) is 5. The smallest absolute Gasteiger partial charge is 0.213 e. The molecule has 1 atom stereocenters. The maximum Gasteiger partial charge on any atom is 0.213 e. The summed E-state index contributed by atoms with van der Waals surface area (Å²) in [5.41, 5.74) is 1.93. The van der Waals surface area contributed by atoms with Crippen molar-refractivity contribution in [1.29, 1.82) is 0 Å². The van der Waals surface area contributed by atoms with E-state index < -0.39 is 0 Å². The molecule has 1 heterocycles. The third-order valence-electron chi connectivity index (χ3n) is 4.15. The lowest BCUT2D eigenvalue weighted by molar-refractivity contribution is 0.287. The van der Waals surface area contributed by atoms with E-state index in [1.807, 2.05) is 57.2 Å². The van der Waals surface area contributed by atoms with E-state index in [0.29, 0.717) is 25.6 Å². The third kappa shape index (κ3) is 6.85. The van der Waals surface area contributed by atoms with E-state index in [4.69, 9.17) is 14.2 Å². The Morgan fingerprint density at radius 2 is 1.83 bits per heavy atom. The van der Waals surface area contributed by atoms with Crippen molar-refractivity contribution in [3.8, 4) is 17.4 Å². The molecule has 2 aromatic rings. The van der Waals surface area contributed by atoms with Crippen molar-refractivity contribution in [3.63, 3.8) is 0 Å². The van der Waals surface area contributed by atoms with Crippen molar-refractivity contribution in [2.75, 3.05) is 26.9 Å². The minimum atomic E-state index is 0.0287. The van der Waals surface area contributed by atoms with E-state index in [0.717, 1.165) is 35.3 Å². The van der Waals surface area contributed by atoms with Crippen molar-refractivity contribution < 1.29 is 14.2 Å². The fourth-order valence-corrected chi connectivity index (χ4v) is 2.76. The fraction of sp³-hybridized carbons (Fsp3) is 0.455. The zero-order valence-electron chi connectivity index (χ0n) is 18.0. The molecule has 0 aliphatic rings. The van der Waals surface area contributed by atoms with Gasteiger partial charge in [-0.2, -0.15) is 0 Å². The zero-order chi connectivity index (χ0) is 21.1. The second kappa shape index (κ2) is 11.8. The molecule has 29 heavy (non-hydrogen) atoms. The molecule has 0 amide bonds. The van der Waals surface area contributed by atoms with Crippen LogP contribution in [-0.4, -0.2) is 37.8 Å². The minimum Gasteiger partial charge on any atom is -0.490 e. The second-order valence-electron chi connectivity index (χ2n) is 6.30. The Morgan fingerprint density at radius 1 is 1.07 bits per heavy atom. The van der Waals surface area contributed by atoms with Crippen molar-refractivity contribution in [2.45, 2.75) is 40.3 Å². The van der Waals surface area contributed by atoms with Gasteiger partial charge in [0.15, 0.2) is 17.5 Å². The van der Waals surface area contributed by atoms with Crippen molar-refractivity contribution in [2.24, 2.45) is 4.99 Å². The number of methoxy groups -OCH3 is 1. The predicted molar refractivity (Wildman–Crippen MR) is 116 cm³/mol. The molecule has 7 heteroatoms. The van der Waals surface area contributed by atoms with Gasteiger partial charge >= 0.3 is 0 Å². The van der Waals surface area contributed by atoms with E-state index in [1.54, 1.807) is 7.11 Å². The summed E-state index contributed by atoms with van der Waals surface area (Å²) in [7, 11) is 1.61. The molecule has 1 unspecified atom stereocenters. The van der Waals surface area contributed by atoms with Gasteiger partial charge in [-0.05, 0) is 51.5 Å². The molecule has 1 aromatic heterocycles. The Morgan fingerprint density at radius 3 is 2.52 bits per heavy atom. The summed E-state index contributed by atoms with van der Waals surface area (Å²) in [6.07, 6.45) is 0. The first-order valence-corrected chi connectivity index (χ1v) is 10.1. The molecule has 158 valence electrons. The first kappa shape index (κ1) is 22.3. The molecule has 0 aliphatic carbocycles. The van der Waals surface area contributed by atoms with Gasteiger partial charge in [0.1, 0.15) is 0 Å². The zero-order valence-corrected chi connectivity index (χ0v) is 18.0. The summed E-state index contributed by atoms with van der Waals surface area (Å²) in [6.45, 7) is 10.4. The lowest BCUT2D eigenvalue weighted by Crippen LogP contribution is -2.38. The molecular weight excluding hydrogens is 368 g/mol. The highest BCUT2D eigenvalue weighted by Crippen LogP contribution is 2.30. The standard InChI is InChI=1S/C22H32N4O3/c1-6-23-22(24-15-18-10-9-11-21(26-18)27-5)25-16(4)17-12-13-19(28-7-2)20(14-17)29-8-3/h9-14,16H,6-8,15H2,1-5H3,(H2,23,24,25). The molecule has 0 radical (unpaired) electrons. The van der Waals surface area contributed by atoms with E-state index >= 15 is 0 Å². The maximum absolute atomic E-state index is 5.74. The number of ether oxygens (including phenoxy) is 3. The number of guanidine groups is 1. The van der Waals surface area contributed by atoms with E-state index in [-0.39, 0.29) is 6.04 Å². The largest absolute Gasteiger partial charge is 0.490 e. The van der Waals surface area contributed by atoms with Crippen LogP contribution in [0.2, 0.25) is 0 Å². The molecule has 0 saturated carbocycles. The summed E-state index contributed by atoms with van der Waals surface area (Å²) in [5, 5.41) is 6.71. The van der Waals surface area contributed by atoms with Crippen molar-refractivity contribution >= 4 is 5.96 Å². The summed E-state index contributed by atoms with van der Waals surface area (Å²) in [5.74, 6) is 2.82. The third-order valence-corrected chi connectivity index (χ3v) is 4.15. The SMILES string of the molecule is CCNC(=NCc1cccc(OC)n1)NC(C)c1ccc(OCC)c(OCC)c1. The Hall–Kier alpha value is -2.96. The van der Waals surface area contributed by atoms with Gasteiger partial charge in [0.25, 0.3) is 0 Å². The number of rotatable bonds is 10. The van der Waals surface area contributed by atoms with Crippen LogP contribution in [0.25, 0.3) is 0 Å². The number of nitrogens with one attached hydrogen (secondary N) is 2. The predicted octanol–water partition coefficient (Wildman–Crippen LogP) is 3.70. The van der Waals surface area contributed by atoms with Crippen LogP contribution in [-0.2, 0) is 6.54 Å². The van der Waals surface area contributed by atoms with Crippen molar-refractivity contribution in [1.82, 2.24) is 15.6 Å². The number of pyridine rings is 1. The first-order valence-electron chi connectivity index (χ1n) is 10.1. The van der Waals surface area contributed by atoms with Crippen LogP contribution in [0.5, 0.6) is 17.4 Å². The van der Waals surface area contributed by atoms with E-state index in [9.17, 15) is 0 Å². The Kier molecular flexibility index (Phi) is 9.08. The molecule has 0 saturated heterocycles. The average Bonchev–Trinajstić information content (AvgIpc) is 2.74. The molecule has 0 bridgehead atoms. The number of hydrogen-bond donors (Lipinski definition) is 2. The average molecular weight is 401 g/mol. The van der Waals surface area contributed by atoms with Gasteiger partial charge in [-0.3, -0.25) is 0 Å². The molecule has 0 spiro atoms. The van der Waals surface area contributed by atoms with Crippen LogP contribution in [0, 0.1) is 0 Å². The monoisotopic (exact) mass is 400 g/mol. The highest BCUT2D eigenvalue weighted by Gasteiger charge is 2.12. The molecule has 2 rings (SSSR count). The van der Waals surface area contributed by atoms with Gasteiger partial charge in [0, 0.05) is 12.6 Å². The van der Waals surface area contributed by atoms with E-state index in [2.05, 4.69) is 27.5 Å². The molecule has 0 aliphatic heterocycles. The number of benzene rings is 1. The summed E-state index contributed by atoms with van der Waals surface area (Å²) in [4.78, 5) is 9.06. The Balaban J connectivity index is 2.13. The number of aromatic nitrogens is 1. The lowest BCUT2D eigenvalue weighted by atomic mass is 10.1. The van der Waals surface area contributed by atoms with Crippen LogP contribution in [0.1, 0.15) is 45.0 Å². The molecular formula is C22H32N4O3. The summed E-state index contributed by atoms with van der Waals surface area (Å²) in [6, 6.07) is 11.7. The molecule has 7 nitrogen and oxygen atoms in total. The van der Waals surface area contributed by atoms with Gasteiger partial charge in [-0.1, -0.05) is 12.1 Å². The quantitative estimate of drug-likeness (QED) is 0.468. The Bertz CT molecular complexity index is 795. The fourth-order valence-electron chi connectivity index (χ4n) is 2.76. The van der Waals surface area contributed by atoms with Crippen LogP contribution in [0.15, 0.2) is 41.4 Å². The lowest BCUT2D eigenvalue weighted by Gasteiger charge is -2.20. The van der Waals surface area contributed by atoms with Crippen LogP contribution < -0.4 is 24.8 Å². The van der Waals surface area contributed by atoms with Crippen LogP contribution in [0.4, 0.5) is 0 Å². The van der Waals surface area contributed by atoms with Crippen LogP contribution in [0.3, 0.4) is 0 Å². The molecule has 0 fully saturated rings. The van der Waals surface area contributed by atoms with Gasteiger partial charge in [-0.25, -0.2) is 9.98 Å². The highest BCUT2D eigenvalue weighted by atomic mass is 16.5. The summed E-state index contributed by atoms with van der Waals surface area (Å²) < 4.78 is 16.6. The van der Waals surface area contributed by atoms with Gasteiger partial charge in [0.05, 0.1) is 38.6 Å². The minimum absolute atomic E-state index is 0.0287.